The zero-order valence-electron chi connectivity index (χ0n) is 17.2. The van der Waals surface area contributed by atoms with Crippen molar-refractivity contribution in [1.82, 2.24) is 24.8 Å². The van der Waals surface area contributed by atoms with Crippen LogP contribution in [0.25, 0.3) is 0 Å². The first-order valence-electron chi connectivity index (χ1n) is 10.1. The molecule has 6 heteroatoms. The van der Waals surface area contributed by atoms with Gasteiger partial charge in [0.05, 0.1) is 17.8 Å². The van der Waals surface area contributed by atoms with E-state index in [0.29, 0.717) is 0 Å². The van der Waals surface area contributed by atoms with E-state index in [4.69, 9.17) is 12.2 Å². The van der Waals surface area contributed by atoms with Gasteiger partial charge in [-0.1, -0.05) is 19.1 Å². The lowest BCUT2D eigenvalue weighted by molar-refractivity contribution is 0.316. The minimum atomic E-state index is 0.0441. The number of aryl methyl sites for hydroxylation is 1. The molecule has 0 saturated carbocycles. The second-order valence-corrected chi connectivity index (χ2v) is 7.98. The van der Waals surface area contributed by atoms with Gasteiger partial charge >= 0.3 is 0 Å². The first-order valence-corrected chi connectivity index (χ1v) is 10.5. The van der Waals surface area contributed by atoms with Gasteiger partial charge in [-0.05, 0) is 67.9 Å². The van der Waals surface area contributed by atoms with Crippen LogP contribution in [0.3, 0.4) is 0 Å². The van der Waals surface area contributed by atoms with Crippen LogP contribution >= 0.6 is 12.2 Å². The lowest BCUT2D eigenvalue weighted by Crippen LogP contribution is -2.30. The average molecular weight is 406 g/mol. The van der Waals surface area contributed by atoms with Crippen molar-refractivity contribution in [3.63, 3.8) is 0 Å². The van der Waals surface area contributed by atoms with Crippen LogP contribution in [0.4, 0.5) is 0 Å². The van der Waals surface area contributed by atoms with Gasteiger partial charge in [-0.25, -0.2) is 0 Å². The Balaban J connectivity index is 1.75. The molecule has 0 amide bonds. The van der Waals surface area contributed by atoms with Crippen LogP contribution in [0.1, 0.15) is 53.6 Å². The summed E-state index contributed by atoms with van der Waals surface area (Å²) in [6.07, 6.45) is 6.65. The first kappa shape index (κ1) is 19.6. The molecule has 1 fully saturated rings. The third-order valence-electron chi connectivity index (χ3n) is 5.66. The number of pyridine rings is 2. The van der Waals surface area contributed by atoms with Gasteiger partial charge in [0.25, 0.3) is 0 Å². The summed E-state index contributed by atoms with van der Waals surface area (Å²) in [6, 6.07) is 12.7. The van der Waals surface area contributed by atoms with Crippen molar-refractivity contribution in [3.05, 3.63) is 83.2 Å². The first-order chi connectivity index (χ1) is 14.1. The molecule has 2 atom stereocenters. The molecule has 0 bridgehead atoms. The molecular formula is C23H27N5S. The highest BCUT2D eigenvalue weighted by atomic mass is 32.1. The number of rotatable bonds is 6. The summed E-state index contributed by atoms with van der Waals surface area (Å²) in [5.74, 6) is 0. The molecule has 1 saturated heterocycles. The van der Waals surface area contributed by atoms with Crippen molar-refractivity contribution in [2.45, 2.75) is 45.8 Å². The number of thiocarbonyl (C=S) groups is 1. The standard InChI is InChI=1S/C23H27N5S/c1-4-12-27-22(21(26-23(27)29)20-9-5-6-11-25-20)19-13-16(2)28(17(19)3)15-18-8-7-10-24-14-18/h5-11,13-14,21-22H,4,12,15H2,1-3H3,(H,26,29)/t21-,22-/m0/s1. The molecule has 3 aromatic heterocycles. The molecule has 1 aliphatic rings. The van der Waals surface area contributed by atoms with E-state index >= 15 is 0 Å². The van der Waals surface area contributed by atoms with E-state index in [9.17, 15) is 0 Å². The number of nitrogens with one attached hydrogen (secondary N) is 1. The van der Waals surface area contributed by atoms with E-state index in [1.54, 1.807) is 0 Å². The largest absolute Gasteiger partial charge is 0.352 e. The number of hydrogen-bond donors (Lipinski definition) is 1. The molecule has 0 spiro atoms. The quantitative estimate of drug-likeness (QED) is 0.619. The molecule has 0 radical (unpaired) electrons. The summed E-state index contributed by atoms with van der Waals surface area (Å²) in [5, 5.41) is 4.34. The fourth-order valence-corrected chi connectivity index (χ4v) is 4.60. The Morgan fingerprint density at radius 3 is 2.69 bits per heavy atom. The third kappa shape index (κ3) is 3.77. The summed E-state index contributed by atoms with van der Waals surface area (Å²) in [5.41, 5.74) is 6.05. The van der Waals surface area contributed by atoms with Gasteiger partial charge in [-0.3, -0.25) is 9.97 Å². The molecule has 1 aliphatic heterocycles. The number of hydrogen-bond acceptors (Lipinski definition) is 3. The Bertz CT molecular complexity index is 983. The second-order valence-electron chi connectivity index (χ2n) is 7.59. The summed E-state index contributed by atoms with van der Waals surface area (Å²) >= 11 is 5.72. The van der Waals surface area contributed by atoms with E-state index < -0.39 is 0 Å². The minimum Gasteiger partial charge on any atom is -0.352 e. The number of aromatic nitrogens is 3. The predicted molar refractivity (Wildman–Crippen MR) is 120 cm³/mol. The van der Waals surface area contributed by atoms with Gasteiger partial charge in [-0.2, -0.15) is 0 Å². The molecule has 0 aliphatic carbocycles. The van der Waals surface area contributed by atoms with Crippen molar-refractivity contribution in [2.24, 2.45) is 0 Å². The van der Waals surface area contributed by atoms with Crippen molar-refractivity contribution >= 4 is 17.3 Å². The summed E-state index contributed by atoms with van der Waals surface area (Å²) in [4.78, 5) is 11.2. The predicted octanol–water partition coefficient (Wildman–Crippen LogP) is 4.33. The Morgan fingerprint density at radius 2 is 2.00 bits per heavy atom. The molecule has 4 heterocycles. The smallest absolute Gasteiger partial charge is 0.170 e. The molecule has 29 heavy (non-hydrogen) atoms. The van der Waals surface area contributed by atoms with Gasteiger partial charge in [0.15, 0.2) is 5.11 Å². The average Bonchev–Trinajstić information content (AvgIpc) is 3.21. The number of nitrogens with zero attached hydrogens (tertiary/aromatic N) is 4. The van der Waals surface area contributed by atoms with E-state index in [1.807, 2.05) is 36.8 Å². The lowest BCUT2D eigenvalue weighted by atomic mass is 9.96. The maximum Gasteiger partial charge on any atom is 0.170 e. The Morgan fingerprint density at radius 1 is 1.14 bits per heavy atom. The normalized spacial score (nSPS) is 18.9. The van der Waals surface area contributed by atoms with E-state index in [2.05, 4.69) is 63.7 Å². The summed E-state index contributed by atoms with van der Waals surface area (Å²) < 4.78 is 2.37. The molecule has 1 N–H and O–H groups in total. The van der Waals surface area contributed by atoms with Crippen LogP contribution in [0.2, 0.25) is 0 Å². The molecular weight excluding hydrogens is 378 g/mol. The summed E-state index contributed by atoms with van der Waals surface area (Å²) in [7, 11) is 0. The van der Waals surface area contributed by atoms with Gasteiger partial charge < -0.3 is 14.8 Å². The molecule has 4 rings (SSSR count). The minimum absolute atomic E-state index is 0.0441. The second kappa shape index (κ2) is 8.33. The zero-order chi connectivity index (χ0) is 20.4. The molecule has 3 aromatic rings. The fraction of sp³-hybridized carbons (Fsp3) is 0.348. The Hall–Kier alpha value is -2.73. The highest BCUT2D eigenvalue weighted by Gasteiger charge is 2.40. The molecule has 0 unspecified atom stereocenters. The van der Waals surface area contributed by atoms with Crippen LogP contribution in [0, 0.1) is 13.8 Å². The van der Waals surface area contributed by atoms with Crippen LogP contribution in [0.15, 0.2) is 55.0 Å². The molecule has 150 valence electrons. The van der Waals surface area contributed by atoms with E-state index in [-0.39, 0.29) is 12.1 Å². The van der Waals surface area contributed by atoms with Crippen molar-refractivity contribution in [1.29, 1.82) is 0 Å². The Kier molecular flexibility index (Phi) is 5.62. The summed E-state index contributed by atoms with van der Waals surface area (Å²) in [6.45, 7) is 8.32. The van der Waals surface area contributed by atoms with E-state index in [1.165, 1.54) is 22.5 Å². The highest BCUT2D eigenvalue weighted by Crippen LogP contribution is 2.40. The van der Waals surface area contributed by atoms with Crippen LogP contribution in [-0.2, 0) is 6.54 Å². The van der Waals surface area contributed by atoms with Crippen LogP contribution in [0.5, 0.6) is 0 Å². The van der Waals surface area contributed by atoms with Gasteiger partial charge in [0.1, 0.15) is 0 Å². The maximum absolute atomic E-state index is 5.72. The van der Waals surface area contributed by atoms with Gasteiger partial charge in [0, 0.05) is 43.1 Å². The maximum atomic E-state index is 5.72. The molecule has 0 aromatic carbocycles. The van der Waals surface area contributed by atoms with Crippen molar-refractivity contribution < 1.29 is 0 Å². The monoisotopic (exact) mass is 405 g/mol. The van der Waals surface area contributed by atoms with Crippen molar-refractivity contribution in [3.8, 4) is 0 Å². The Labute approximate surface area is 177 Å². The van der Waals surface area contributed by atoms with Crippen molar-refractivity contribution in [2.75, 3.05) is 6.54 Å². The van der Waals surface area contributed by atoms with Gasteiger partial charge in [0.2, 0.25) is 0 Å². The van der Waals surface area contributed by atoms with Crippen LogP contribution in [-0.4, -0.2) is 31.1 Å². The SMILES string of the molecule is CCCN1C(=S)N[C@@H](c2ccccn2)[C@@H]1c1cc(C)n(Cc2cccnc2)c1C. The fourth-order valence-electron chi connectivity index (χ4n) is 4.27. The lowest BCUT2D eigenvalue weighted by Gasteiger charge is -2.27. The third-order valence-corrected chi connectivity index (χ3v) is 6.01. The van der Waals surface area contributed by atoms with E-state index in [0.717, 1.165) is 30.3 Å². The van der Waals surface area contributed by atoms with Gasteiger partial charge in [-0.15, -0.1) is 0 Å². The zero-order valence-corrected chi connectivity index (χ0v) is 18.0. The highest BCUT2D eigenvalue weighted by molar-refractivity contribution is 7.80. The van der Waals surface area contributed by atoms with Crippen LogP contribution < -0.4 is 5.32 Å². The topological polar surface area (TPSA) is 46.0 Å². The molecule has 5 nitrogen and oxygen atoms in total.